The van der Waals surface area contributed by atoms with Gasteiger partial charge in [0, 0.05) is 6.20 Å². The van der Waals surface area contributed by atoms with E-state index in [-0.39, 0.29) is 23.0 Å². The van der Waals surface area contributed by atoms with Crippen LogP contribution in [0.15, 0.2) is 24.4 Å². The van der Waals surface area contributed by atoms with E-state index in [2.05, 4.69) is 19.7 Å². The number of aromatic nitrogens is 4. The maximum atomic E-state index is 12.7. The van der Waals surface area contributed by atoms with Crippen molar-refractivity contribution in [2.24, 2.45) is 0 Å². The molecular formula is C16H12ClF3N4O2. The highest BCUT2D eigenvalue weighted by Gasteiger charge is 2.31. The van der Waals surface area contributed by atoms with E-state index in [4.69, 9.17) is 11.6 Å². The van der Waals surface area contributed by atoms with Gasteiger partial charge in [0.25, 0.3) is 0 Å². The monoisotopic (exact) mass is 384 g/mol. The lowest BCUT2D eigenvalue weighted by atomic mass is 10.2. The van der Waals surface area contributed by atoms with E-state index in [9.17, 15) is 18.0 Å². The first-order valence-corrected chi connectivity index (χ1v) is 7.72. The summed E-state index contributed by atoms with van der Waals surface area (Å²) in [5.41, 5.74) is 0.360. The Labute approximate surface area is 150 Å². The lowest BCUT2D eigenvalue weighted by Gasteiger charge is -2.11. The Morgan fingerprint density at radius 2 is 2.04 bits per heavy atom. The van der Waals surface area contributed by atoms with E-state index in [1.807, 2.05) is 0 Å². The molecular weight excluding hydrogens is 373 g/mol. The topological polar surface area (TPSA) is 69.9 Å². The number of hydrogen-bond acceptors (Lipinski definition) is 5. The summed E-state index contributed by atoms with van der Waals surface area (Å²) in [6.07, 6.45) is -3.77. The first-order valence-electron chi connectivity index (χ1n) is 7.34. The molecule has 6 nitrogen and oxygen atoms in total. The number of nitrogens with zero attached hydrogens (tertiary/aromatic N) is 4. The largest absolute Gasteiger partial charge is 0.464 e. The van der Waals surface area contributed by atoms with Crippen molar-refractivity contribution >= 4 is 28.7 Å². The minimum Gasteiger partial charge on any atom is -0.464 e. The molecule has 0 spiro atoms. The maximum Gasteiger partial charge on any atom is 0.417 e. The van der Waals surface area contributed by atoms with Gasteiger partial charge in [0.2, 0.25) is 0 Å². The molecule has 3 rings (SSSR count). The minimum atomic E-state index is -4.51. The number of rotatable bonds is 3. The quantitative estimate of drug-likeness (QED) is 0.645. The molecule has 0 saturated carbocycles. The summed E-state index contributed by atoms with van der Waals surface area (Å²) < 4.78 is 44.5. The van der Waals surface area contributed by atoms with Crippen LogP contribution < -0.4 is 0 Å². The van der Waals surface area contributed by atoms with Gasteiger partial charge < -0.3 is 9.30 Å². The number of imidazole rings is 1. The van der Waals surface area contributed by atoms with Crippen molar-refractivity contribution in [1.82, 2.24) is 19.5 Å². The molecule has 10 heteroatoms. The standard InChI is InChI=1S/C16H12ClF3N4O2/c1-8-22-14-13(4-3-11(23-14)15(25)26-2)24(8)7-12-10(17)5-9(6-21-12)16(18,19)20/h3-6H,7H2,1-2H3. The van der Waals surface area contributed by atoms with Crippen LogP contribution >= 0.6 is 11.6 Å². The van der Waals surface area contributed by atoms with Crippen LogP contribution in [0, 0.1) is 6.92 Å². The van der Waals surface area contributed by atoms with Crippen LogP contribution in [0.25, 0.3) is 11.2 Å². The summed E-state index contributed by atoms with van der Waals surface area (Å²) >= 11 is 5.97. The molecule has 3 aromatic heterocycles. The highest BCUT2D eigenvalue weighted by Crippen LogP contribution is 2.31. The molecule has 0 fully saturated rings. The summed E-state index contributed by atoms with van der Waals surface area (Å²) in [7, 11) is 1.25. The molecule has 0 unspecified atom stereocenters. The second-order valence-electron chi connectivity index (χ2n) is 5.43. The Morgan fingerprint density at radius 1 is 1.31 bits per heavy atom. The fraction of sp³-hybridized carbons (Fsp3) is 0.250. The molecule has 3 aromatic rings. The predicted molar refractivity (Wildman–Crippen MR) is 87.0 cm³/mol. The Hall–Kier alpha value is -2.68. The minimum absolute atomic E-state index is 0.0970. The van der Waals surface area contributed by atoms with E-state index in [0.717, 1.165) is 12.3 Å². The maximum absolute atomic E-state index is 12.7. The van der Waals surface area contributed by atoms with Crippen LogP contribution in [-0.2, 0) is 17.5 Å². The van der Waals surface area contributed by atoms with Crippen LogP contribution in [0.3, 0.4) is 0 Å². The van der Waals surface area contributed by atoms with Gasteiger partial charge in [-0.15, -0.1) is 0 Å². The average molecular weight is 385 g/mol. The Kier molecular flexibility index (Phi) is 4.57. The van der Waals surface area contributed by atoms with Gasteiger partial charge in [-0.25, -0.2) is 14.8 Å². The molecule has 0 atom stereocenters. The van der Waals surface area contributed by atoms with E-state index in [1.165, 1.54) is 13.2 Å². The Balaban J connectivity index is 1.99. The van der Waals surface area contributed by atoms with Gasteiger partial charge in [-0.3, -0.25) is 4.98 Å². The molecule has 0 N–H and O–H groups in total. The highest BCUT2D eigenvalue weighted by atomic mass is 35.5. The molecule has 136 valence electrons. The number of hydrogen-bond donors (Lipinski definition) is 0. The zero-order chi connectivity index (χ0) is 19.1. The Bertz CT molecular complexity index is 1000. The summed E-state index contributed by atoms with van der Waals surface area (Å²) in [4.78, 5) is 23.8. The number of carbonyl (C=O) groups excluding carboxylic acids is 1. The normalized spacial score (nSPS) is 11.8. The molecule has 0 aliphatic rings. The summed E-state index contributed by atoms with van der Waals surface area (Å²) in [6, 6.07) is 3.95. The summed E-state index contributed by atoms with van der Waals surface area (Å²) in [5, 5.41) is -0.0970. The number of methoxy groups -OCH3 is 1. The van der Waals surface area contributed by atoms with Crippen molar-refractivity contribution in [2.75, 3.05) is 7.11 Å². The number of pyridine rings is 2. The molecule has 0 amide bonds. The first kappa shape index (κ1) is 18.1. The first-order chi connectivity index (χ1) is 12.2. The molecule has 0 aromatic carbocycles. The van der Waals surface area contributed by atoms with E-state index in [1.54, 1.807) is 17.6 Å². The van der Waals surface area contributed by atoms with Crippen LogP contribution in [0.1, 0.15) is 27.6 Å². The molecule has 0 aliphatic heterocycles. The van der Waals surface area contributed by atoms with Gasteiger partial charge in [0.15, 0.2) is 11.3 Å². The lowest BCUT2D eigenvalue weighted by molar-refractivity contribution is -0.137. The van der Waals surface area contributed by atoms with Gasteiger partial charge in [-0.2, -0.15) is 13.2 Å². The molecule has 0 aliphatic carbocycles. The van der Waals surface area contributed by atoms with Gasteiger partial charge in [-0.1, -0.05) is 11.6 Å². The SMILES string of the molecule is COC(=O)c1ccc2c(n1)nc(C)n2Cc1ncc(C(F)(F)F)cc1Cl. The van der Waals surface area contributed by atoms with Crippen LogP contribution in [-0.4, -0.2) is 32.6 Å². The van der Waals surface area contributed by atoms with E-state index >= 15 is 0 Å². The zero-order valence-corrected chi connectivity index (χ0v) is 14.4. The van der Waals surface area contributed by atoms with Crippen molar-refractivity contribution in [3.05, 3.63) is 52.2 Å². The summed E-state index contributed by atoms with van der Waals surface area (Å²) in [5.74, 6) is -0.0427. The Morgan fingerprint density at radius 3 is 2.65 bits per heavy atom. The van der Waals surface area contributed by atoms with E-state index < -0.39 is 17.7 Å². The van der Waals surface area contributed by atoms with Crippen LogP contribution in [0.5, 0.6) is 0 Å². The number of fused-ring (bicyclic) bond motifs is 1. The number of ether oxygens (including phenoxy) is 1. The number of carbonyl (C=O) groups is 1. The van der Waals surface area contributed by atoms with Gasteiger partial charge in [0.1, 0.15) is 5.82 Å². The van der Waals surface area contributed by atoms with Gasteiger partial charge >= 0.3 is 12.1 Å². The zero-order valence-electron chi connectivity index (χ0n) is 13.6. The average Bonchev–Trinajstić information content (AvgIpc) is 2.89. The molecule has 0 saturated heterocycles. The number of esters is 1. The van der Waals surface area contributed by atoms with Crippen molar-refractivity contribution < 1.29 is 22.7 Å². The van der Waals surface area contributed by atoms with Crippen molar-refractivity contribution in [2.45, 2.75) is 19.6 Å². The fourth-order valence-corrected chi connectivity index (χ4v) is 2.65. The third-order valence-corrected chi connectivity index (χ3v) is 4.08. The fourth-order valence-electron chi connectivity index (χ4n) is 2.43. The lowest BCUT2D eigenvalue weighted by Crippen LogP contribution is -2.09. The molecule has 26 heavy (non-hydrogen) atoms. The van der Waals surface area contributed by atoms with Gasteiger partial charge in [0.05, 0.1) is 35.5 Å². The van der Waals surface area contributed by atoms with Crippen molar-refractivity contribution in [3.8, 4) is 0 Å². The van der Waals surface area contributed by atoms with Gasteiger partial charge in [-0.05, 0) is 25.1 Å². The van der Waals surface area contributed by atoms with Crippen LogP contribution in [0.4, 0.5) is 13.2 Å². The second kappa shape index (κ2) is 6.56. The van der Waals surface area contributed by atoms with E-state index in [0.29, 0.717) is 17.0 Å². The van der Waals surface area contributed by atoms with Crippen molar-refractivity contribution in [1.29, 1.82) is 0 Å². The second-order valence-corrected chi connectivity index (χ2v) is 5.83. The smallest absolute Gasteiger partial charge is 0.417 e. The third-order valence-electron chi connectivity index (χ3n) is 3.75. The third kappa shape index (κ3) is 3.34. The number of alkyl halides is 3. The summed E-state index contributed by atoms with van der Waals surface area (Å²) in [6.45, 7) is 1.82. The molecule has 0 radical (unpaired) electrons. The van der Waals surface area contributed by atoms with Crippen molar-refractivity contribution in [3.63, 3.8) is 0 Å². The number of halogens is 4. The number of aryl methyl sites for hydroxylation is 1. The molecule has 0 bridgehead atoms. The highest BCUT2D eigenvalue weighted by molar-refractivity contribution is 6.31. The predicted octanol–water partition coefficient (Wildman–Crippen LogP) is 3.64. The molecule has 3 heterocycles. The van der Waals surface area contributed by atoms with Crippen LogP contribution in [0.2, 0.25) is 5.02 Å².